The molecule has 0 aromatic heterocycles. The first-order valence-corrected chi connectivity index (χ1v) is 6.24. The van der Waals surface area contributed by atoms with Gasteiger partial charge in [0.1, 0.15) is 24.9 Å². The zero-order valence-electron chi connectivity index (χ0n) is 8.37. The van der Waals surface area contributed by atoms with Crippen LogP contribution >= 0.6 is 0 Å². The Balaban J connectivity index is 2.02. The highest BCUT2D eigenvalue weighted by Gasteiger charge is 2.18. The van der Waals surface area contributed by atoms with Gasteiger partial charge >= 0.3 is 0 Å². The molecule has 0 atom stereocenters. The van der Waals surface area contributed by atoms with Crippen LogP contribution in [0.25, 0.3) is 0 Å². The highest BCUT2D eigenvalue weighted by Crippen LogP contribution is 2.21. The van der Waals surface area contributed by atoms with Crippen molar-refractivity contribution in [2.75, 3.05) is 12.4 Å². The van der Waals surface area contributed by atoms with E-state index < -0.39 is 10.1 Å². The van der Waals surface area contributed by atoms with Crippen LogP contribution in [-0.2, 0) is 19.6 Å². The number of rotatable bonds is 3. The highest BCUT2D eigenvalue weighted by molar-refractivity contribution is 7.85. The monoisotopic (exact) mass is 245 g/mol. The normalized spacial score (nSPS) is 19.2. The third kappa shape index (κ3) is 2.77. The van der Waals surface area contributed by atoms with Gasteiger partial charge in [-0.15, -0.1) is 0 Å². The summed E-state index contributed by atoms with van der Waals surface area (Å²) in [6.45, 7) is 0.321. The molecule has 0 saturated carbocycles. The maximum Gasteiger partial charge on any atom is 0.265 e. The van der Waals surface area contributed by atoms with Crippen molar-refractivity contribution in [1.82, 2.24) is 4.90 Å². The van der Waals surface area contributed by atoms with Gasteiger partial charge in [-0.3, -0.25) is 4.55 Å². The summed E-state index contributed by atoms with van der Waals surface area (Å²) >= 11 is 0. The van der Waals surface area contributed by atoms with E-state index in [1.165, 1.54) is 6.26 Å². The second-order valence-electron chi connectivity index (χ2n) is 3.36. The average molecular weight is 245 g/mol. The molecule has 0 bridgehead atoms. The summed E-state index contributed by atoms with van der Waals surface area (Å²) in [6, 6.07) is 0. The van der Waals surface area contributed by atoms with Crippen LogP contribution < -0.4 is 0 Å². The van der Waals surface area contributed by atoms with Crippen molar-refractivity contribution in [1.29, 1.82) is 0 Å². The number of nitrogens with zero attached hydrogens (tertiary/aromatic N) is 1. The Morgan fingerprint density at radius 1 is 1.50 bits per heavy atom. The van der Waals surface area contributed by atoms with E-state index in [-0.39, 0.29) is 12.2 Å². The SMILES string of the molecule is O=S(=O)(O)CCC1=CN2C=COC=C2CO1. The number of fused-ring (bicyclic) bond motifs is 1. The molecule has 0 amide bonds. The first-order chi connectivity index (χ1) is 7.54. The minimum absolute atomic E-state index is 0.150. The molecule has 0 aromatic carbocycles. The van der Waals surface area contributed by atoms with Gasteiger partial charge in [-0.25, -0.2) is 0 Å². The molecule has 2 aliphatic rings. The predicted octanol–water partition coefficient (Wildman–Crippen LogP) is 0.781. The molecule has 0 aliphatic carbocycles. The van der Waals surface area contributed by atoms with Gasteiger partial charge in [0.2, 0.25) is 0 Å². The van der Waals surface area contributed by atoms with Crippen molar-refractivity contribution in [3.05, 3.63) is 36.4 Å². The lowest BCUT2D eigenvalue weighted by atomic mass is 10.3. The zero-order chi connectivity index (χ0) is 11.6. The van der Waals surface area contributed by atoms with E-state index in [9.17, 15) is 8.42 Å². The summed E-state index contributed by atoms with van der Waals surface area (Å²) in [7, 11) is -3.95. The van der Waals surface area contributed by atoms with Gasteiger partial charge in [0.15, 0.2) is 0 Å². The minimum atomic E-state index is -3.95. The Morgan fingerprint density at radius 3 is 3.06 bits per heavy atom. The molecule has 0 spiro atoms. The van der Waals surface area contributed by atoms with Crippen molar-refractivity contribution in [2.45, 2.75) is 6.42 Å². The van der Waals surface area contributed by atoms with E-state index >= 15 is 0 Å². The summed E-state index contributed by atoms with van der Waals surface area (Å²) in [5.74, 6) is 0.174. The number of hydrogen-bond acceptors (Lipinski definition) is 5. The third-order valence-corrected chi connectivity index (χ3v) is 2.85. The van der Waals surface area contributed by atoms with Crippen molar-refractivity contribution < 1.29 is 22.4 Å². The first-order valence-electron chi connectivity index (χ1n) is 4.63. The Hall–Kier alpha value is -1.47. The van der Waals surface area contributed by atoms with Gasteiger partial charge in [-0.1, -0.05) is 0 Å². The highest BCUT2D eigenvalue weighted by atomic mass is 32.2. The molecule has 0 radical (unpaired) electrons. The van der Waals surface area contributed by atoms with Gasteiger partial charge in [-0.2, -0.15) is 8.42 Å². The van der Waals surface area contributed by atoms with Crippen molar-refractivity contribution >= 4 is 10.1 Å². The fourth-order valence-corrected chi connectivity index (χ4v) is 1.79. The van der Waals surface area contributed by atoms with Gasteiger partial charge < -0.3 is 14.4 Å². The van der Waals surface area contributed by atoms with Crippen LogP contribution in [0.3, 0.4) is 0 Å². The fourth-order valence-electron chi connectivity index (χ4n) is 1.33. The number of ether oxygens (including phenoxy) is 2. The largest absolute Gasteiger partial charge is 0.490 e. The smallest absolute Gasteiger partial charge is 0.265 e. The fraction of sp³-hybridized carbons (Fsp3) is 0.333. The van der Waals surface area contributed by atoms with Crippen LogP contribution in [0.15, 0.2) is 36.4 Å². The zero-order valence-corrected chi connectivity index (χ0v) is 9.18. The van der Waals surface area contributed by atoms with Gasteiger partial charge in [0, 0.05) is 18.8 Å². The average Bonchev–Trinajstić information content (AvgIpc) is 2.25. The Bertz CT molecular complexity index is 462. The molecule has 16 heavy (non-hydrogen) atoms. The summed E-state index contributed by atoms with van der Waals surface area (Å²) in [5, 5.41) is 0. The summed E-state index contributed by atoms with van der Waals surface area (Å²) in [5.41, 5.74) is 0.832. The van der Waals surface area contributed by atoms with E-state index in [1.54, 1.807) is 23.6 Å². The molecule has 7 heteroatoms. The molecule has 6 nitrogen and oxygen atoms in total. The number of hydrogen-bond donors (Lipinski definition) is 1. The number of allylic oxidation sites excluding steroid dienone is 1. The molecule has 2 rings (SSSR count). The van der Waals surface area contributed by atoms with E-state index in [2.05, 4.69) is 0 Å². The lowest BCUT2D eigenvalue weighted by Crippen LogP contribution is -2.23. The third-order valence-electron chi connectivity index (χ3n) is 2.13. The molecule has 2 aliphatic heterocycles. The molecule has 0 fully saturated rings. The van der Waals surface area contributed by atoms with E-state index in [1.807, 2.05) is 0 Å². The first kappa shape index (κ1) is 11.0. The second kappa shape index (κ2) is 4.18. The summed E-state index contributed by atoms with van der Waals surface area (Å²) in [6.07, 6.45) is 6.57. The maximum atomic E-state index is 10.6. The lowest BCUT2D eigenvalue weighted by molar-refractivity contribution is 0.176. The van der Waals surface area contributed by atoms with Crippen LogP contribution in [-0.4, -0.2) is 30.2 Å². The maximum absolute atomic E-state index is 10.6. The Labute approximate surface area is 93.2 Å². The van der Waals surface area contributed by atoms with Crippen molar-refractivity contribution in [3.63, 3.8) is 0 Å². The second-order valence-corrected chi connectivity index (χ2v) is 4.93. The van der Waals surface area contributed by atoms with Crippen LogP contribution in [0, 0.1) is 0 Å². The standard InChI is InChI=1S/C9H11NO5S/c11-16(12,13)4-1-9-5-10-2-3-14-6-8(10)7-15-9/h2-3,5-6H,1,4,7H2,(H,11,12,13). The van der Waals surface area contributed by atoms with Gasteiger partial charge in [0.25, 0.3) is 10.1 Å². The predicted molar refractivity (Wildman–Crippen MR) is 55.2 cm³/mol. The molecule has 1 N–H and O–H groups in total. The summed E-state index contributed by atoms with van der Waals surface area (Å²) in [4.78, 5) is 1.78. The van der Waals surface area contributed by atoms with Gasteiger partial charge in [-0.05, 0) is 0 Å². The van der Waals surface area contributed by atoms with E-state index in [0.717, 1.165) is 5.70 Å². The molecular weight excluding hydrogens is 234 g/mol. The molecule has 0 saturated heterocycles. The Kier molecular flexibility index (Phi) is 2.88. The molecule has 2 heterocycles. The van der Waals surface area contributed by atoms with E-state index in [4.69, 9.17) is 14.0 Å². The van der Waals surface area contributed by atoms with Crippen LogP contribution in [0.5, 0.6) is 0 Å². The quantitative estimate of drug-likeness (QED) is 0.740. The molecule has 0 unspecified atom stereocenters. The molecular formula is C9H11NO5S. The van der Waals surface area contributed by atoms with Crippen LogP contribution in [0.4, 0.5) is 0 Å². The Morgan fingerprint density at radius 2 is 2.31 bits per heavy atom. The van der Waals surface area contributed by atoms with Gasteiger partial charge in [0.05, 0.1) is 11.4 Å². The lowest BCUT2D eigenvalue weighted by Gasteiger charge is -2.28. The van der Waals surface area contributed by atoms with E-state index in [0.29, 0.717) is 12.4 Å². The summed E-state index contributed by atoms with van der Waals surface area (Å²) < 4.78 is 40.0. The van der Waals surface area contributed by atoms with Crippen molar-refractivity contribution in [2.24, 2.45) is 0 Å². The molecule has 88 valence electrons. The van der Waals surface area contributed by atoms with Crippen LogP contribution in [0.2, 0.25) is 0 Å². The van der Waals surface area contributed by atoms with Crippen molar-refractivity contribution in [3.8, 4) is 0 Å². The molecule has 0 aromatic rings. The topological polar surface area (TPSA) is 76.1 Å². The van der Waals surface area contributed by atoms with Crippen LogP contribution in [0.1, 0.15) is 6.42 Å². The minimum Gasteiger partial charge on any atom is -0.490 e.